The van der Waals surface area contributed by atoms with Crippen molar-refractivity contribution in [3.05, 3.63) is 77.4 Å². The van der Waals surface area contributed by atoms with Crippen molar-refractivity contribution in [1.29, 1.82) is 0 Å². The highest BCUT2D eigenvalue weighted by molar-refractivity contribution is 6.01. The van der Waals surface area contributed by atoms with Crippen LogP contribution in [0.5, 0.6) is 11.5 Å². The predicted octanol–water partition coefficient (Wildman–Crippen LogP) is 4.05. The molecule has 3 amide bonds. The second-order valence-corrected chi connectivity index (χ2v) is 8.44. The van der Waals surface area contributed by atoms with E-state index >= 15 is 0 Å². The quantitative estimate of drug-likeness (QED) is 0.260. The fourth-order valence-electron chi connectivity index (χ4n) is 3.52. The standard InChI is InChI=1S/C27H30N4O6/c1-16-6-4-5-7-21(16)30-27(35)31-22-10-8-18(12-24(22)36-3)13-25(32)29-17(2)15-37-23-11-9-19(26(33)34)14-20(23)28/h4-12,14,17H,13,15,28H2,1-3H3,(H,29,32)(H,33,34)(H2,30,31,35)/t17-/m1/s1. The van der Waals surface area contributed by atoms with Gasteiger partial charge in [-0.25, -0.2) is 9.59 Å². The van der Waals surface area contributed by atoms with E-state index in [1.165, 1.54) is 25.3 Å². The van der Waals surface area contributed by atoms with Gasteiger partial charge >= 0.3 is 12.0 Å². The number of nitrogen functional groups attached to an aromatic ring is 1. The first-order valence-electron chi connectivity index (χ1n) is 11.5. The average Bonchev–Trinajstić information content (AvgIpc) is 2.85. The molecule has 3 aromatic rings. The summed E-state index contributed by atoms with van der Waals surface area (Å²) < 4.78 is 11.0. The Morgan fingerprint density at radius 2 is 1.70 bits per heavy atom. The van der Waals surface area contributed by atoms with Gasteiger partial charge in [-0.05, 0) is 61.4 Å². The zero-order chi connectivity index (χ0) is 26.9. The van der Waals surface area contributed by atoms with E-state index in [0.717, 1.165) is 5.56 Å². The van der Waals surface area contributed by atoms with E-state index in [0.29, 0.717) is 28.4 Å². The highest BCUT2D eigenvalue weighted by Crippen LogP contribution is 2.26. The molecule has 37 heavy (non-hydrogen) atoms. The summed E-state index contributed by atoms with van der Waals surface area (Å²) in [4.78, 5) is 36.0. The van der Waals surface area contributed by atoms with Crippen molar-refractivity contribution in [1.82, 2.24) is 5.32 Å². The van der Waals surface area contributed by atoms with Gasteiger partial charge in [-0.2, -0.15) is 0 Å². The first-order chi connectivity index (χ1) is 17.7. The highest BCUT2D eigenvalue weighted by atomic mass is 16.5. The Hall–Kier alpha value is -4.73. The number of methoxy groups -OCH3 is 1. The summed E-state index contributed by atoms with van der Waals surface area (Å²) in [6.45, 7) is 3.82. The predicted molar refractivity (Wildman–Crippen MR) is 141 cm³/mol. The van der Waals surface area contributed by atoms with Crippen molar-refractivity contribution >= 4 is 35.0 Å². The number of anilines is 3. The number of benzene rings is 3. The van der Waals surface area contributed by atoms with Crippen LogP contribution in [0.4, 0.5) is 21.9 Å². The van der Waals surface area contributed by atoms with Crippen molar-refractivity contribution in [3.63, 3.8) is 0 Å². The molecule has 0 bridgehead atoms. The van der Waals surface area contributed by atoms with Gasteiger partial charge in [0.25, 0.3) is 0 Å². The Morgan fingerprint density at radius 1 is 0.973 bits per heavy atom. The fraction of sp³-hybridized carbons (Fsp3) is 0.222. The third kappa shape index (κ3) is 7.63. The van der Waals surface area contributed by atoms with Crippen LogP contribution in [-0.4, -0.2) is 42.8 Å². The summed E-state index contributed by atoms with van der Waals surface area (Å²) in [6, 6.07) is 16.0. The van der Waals surface area contributed by atoms with Crippen molar-refractivity contribution in [2.75, 3.05) is 30.1 Å². The van der Waals surface area contributed by atoms with E-state index in [9.17, 15) is 14.4 Å². The number of nitrogens with two attached hydrogens (primary N) is 1. The smallest absolute Gasteiger partial charge is 0.335 e. The number of amides is 3. The SMILES string of the molecule is COc1cc(CC(=O)N[C@H](C)COc2ccc(C(=O)O)cc2N)ccc1NC(=O)Nc1ccccc1C. The summed E-state index contributed by atoms with van der Waals surface area (Å²) in [5, 5.41) is 17.4. The molecule has 0 unspecified atom stereocenters. The van der Waals surface area contributed by atoms with E-state index in [4.69, 9.17) is 20.3 Å². The third-order valence-electron chi connectivity index (χ3n) is 5.43. The number of nitrogens with one attached hydrogen (secondary N) is 3. The van der Waals surface area contributed by atoms with Gasteiger partial charge in [-0.3, -0.25) is 4.79 Å². The lowest BCUT2D eigenvalue weighted by atomic mass is 10.1. The van der Waals surface area contributed by atoms with Crippen molar-refractivity contribution in [3.8, 4) is 11.5 Å². The van der Waals surface area contributed by atoms with E-state index in [1.807, 2.05) is 31.2 Å². The number of urea groups is 1. The molecule has 0 aliphatic heterocycles. The van der Waals surface area contributed by atoms with E-state index in [-0.39, 0.29) is 36.2 Å². The molecule has 0 radical (unpaired) electrons. The van der Waals surface area contributed by atoms with Crippen LogP contribution in [-0.2, 0) is 11.2 Å². The summed E-state index contributed by atoms with van der Waals surface area (Å²) in [7, 11) is 1.48. The number of rotatable bonds is 10. The molecule has 3 aromatic carbocycles. The molecule has 10 heteroatoms. The second kappa shape index (κ2) is 12.3. The van der Waals surface area contributed by atoms with Crippen LogP contribution in [0, 0.1) is 6.92 Å². The second-order valence-electron chi connectivity index (χ2n) is 8.44. The zero-order valence-electron chi connectivity index (χ0n) is 20.8. The lowest BCUT2D eigenvalue weighted by molar-refractivity contribution is -0.121. The van der Waals surface area contributed by atoms with Crippen LogP contribution in [0.1, 0.15) is 28.4 Å². The first-order valence-corrected chi connectivity index (χ1v) is 11.5. The van der Waals surface area contributed by atoms with E-state index in [2.05, 4.69) is 16.0 Å². The monoisotopic (exact) mass is 506 g/mol. The molecule has 194 valence electrons. The first kappa shape index (κ1) is 26.9. The number of para-hydroxylation sites is 1. The number of ether oxygens (including phenoxy) is 2. The molecule has 0 aliphatic rings. The number of carboxylic acid groups (broad SMARTS) is 1. The van der Waals surface area contributed by atoms with Crippen LogP contribution in [0.3, 0.4) is 0 Å². The molecule has 0 aromatic heterocycles. The molecule has 0 aliphatic carbocycles. The number of carboxylic acids is 1. The van der Waals surface area contributed by atoms with Crippen LogP contribution >= 0.6 is 0 Å². The molecule has 0 saturated heterocycles. The third-order valence-corrected chi connectivity index (χ3v) is 5.43. The minimum Gasteiger partial charge on any atom is -0.495 e. The Kier molecular flexibility index (Phi) is 8.93. The van der Waals surface area contributed by atoms with Gasteiger partial charge in [0.15, 0.2) is 0 Å². The molecule has 6 N–H and O–H groups in total. The summed E-state index contributed by atoms with van der Waals surface area (Å²) in [5.41, 5.74) is 8.90. The topological polar surface area (TPSA) is 152 Å². The molecule has 0 spiro atoms. The molecule has 0 fully saturated rings. The number of hydrogen-bond acceptors (Lipinski definition) is 6. The highest BCUT2D eigenvalue weighted by Gasteiger charge is 2.14. The zero-order valence-corrected chi connectivity index (χ0v) is 20.8. The largest absolute Gasteiger partial charge is 0.495 e. The number of aryl methyl sites for hydroxylation is 1. The normalized spacial score (nSPS) is 11.2. The van der Waals surface area contributed by atoms with Gasteiger partial charge < -0.3 is 36.3 Å². The maximum atomic E-state index is 12.5. The van der Waals surface area contributed by atoms with Gasteiger partial charge in [0.1, 0.15) is 18.1 Å². The number of aromatic carboxylic acids is 1. The Bertz CT molecular complexity index is 1290. The number of carbonyl (C=O) groups excluding carboxylic acids is 2. The number of hydrogen-bond donors (Lipinski definition) is 5. The van der Waals surface area contributed by atoms with Crippen molar-refractivity contribution < 1.29 is 29.0 Å². The Labute approximate surface area is 214 Å². The van der Waals surface area contributed by atoms with Gasteiger partial charge in [0, 0.05) is 5.69 Å². The maximum Gasteiger partial charge on any atom is 0.335 e. The maximum absolute atomic E-state index is 12.5. The van der Waals surface area contributed by atoms with Gasteiger partial charge in [0.2, 0.25) is 5.91 Å². The molecule has 1 atom stereocenters. The Morgan fingerprint density at radius 3 is 2.38 bits per heavy atom. The molecule has 3 rings (SSSR count). The lowest BCUT2D eigenvalue weighted by Crippen LogP contribution is -2.37. The molecule has 0 heterocycles. The van der Waals surface area contributed by atoms with Crippen LogP contribution in [0.15, 0.2) is 60.7 Å². The summed E-state index contributed by atoms with van der Waals surface area (Å²) >= 11 is 0. The molecular weight excluding hydrogens is 476 g/mol. The average molecular weight is 507 g/mol. The summed E-state index contributed by atoms with van der Waals surface area (Å²) in [5.74, 6) is -0.553. The van der Waals surface area contributed by atoms with Crippen molar-refractivity contribution in [2.24, 2.45) is 0 Å². The minimum absolute atomic E-state index is 0.0646. The fourth-order valence-corrected chi connectivity index (χ4v) is 3.52. The van der Waals surface area contributed by atoms with Crippen LogP contribution < -0.4 is 31.2 Å². The number of carbonyl (C=O) groups is 3. The Balaban J connectivity index is 1.53. The molecule has 10 nitrogen and oxygen atoms in total. The van der Waals surface area contributed by atoms with E-state index in [1.54, 1.807) is 25.1 Å². The van der Waals surface area contributed by atoms with E-state index < -0.39 is 12.0 Å². The lowest BCUT2D eigenvalue weighted by Gasteiger charge is -2.17. The minimum atomic E-state index is -1.08. The molecule has 0 saturated carbocycles. The van der Waals surface area contributed by atoms with Gasteiger partial charge in [-0.15, -0.1) is 0 Å². The van der Waals surface area contributed by atoms with Gasteiger partial charge in [0.05, 0.1) is 36.5 Å². The summed E-state index contributed by atoms with van der Waals surface area (Å²) in [6.07, 6.45) is 0.0891. The van der Waals surface area contributed by atoms with Crippen molar-refractivity contribution in [2.45, 2.75) is 26.3 Å². The van der Waals surface area contributed by atoms with Crippen LogP contribution in [0.2, 0.25) is 0 Å². The van der Waals surface area contributed by atoms with Gasteiger partial charge in [-0.1, -0.05) is 24.3 Å². The molecular formula is C27H30N4O6. The van der Waals surface area contributed by atoms with Crippen LogP contribution in [0.25, 0.3) is 0 Å².